The zero-order valence-corrected chi connectivity index (χ0v) is 18.0. The van der Waals surface area contributed by atoms with E-state index in [2.05, 4.69) is 22.4 Å². The summed E-state index contributed by atoms with van der Waals surface area (Å²) in [6.07, 6.45) is 2.62. The van der Waals surface area contributed by atoms with Crippen LogP contribution >= 0.6 is 22.9 Å². The summed E-state index contributed by atoms with van der Waals surface area (Å²) >= 11 is 7.71. The Morgan fingerprint density at radius 1 is 1.10 bits per heavy atom. The Kier molecular flexibility index (Phi) is 7.32. The van der Waals surface area contributed by atoms with Gasteiger partial charge < -0.3 is 14.2 Å². The molecule has 0 radical (unpaired) electrons. The number of thiazole rings is 1. The van der Waals surface area contributed by atoms with E-state index < -0.39 is 0 Å². The fourth-order valence-electron chi connectivity index (χ4n) is 2.54. The molecule has 0 saturated carbocycles. The molecule has 0 fully saturated rings. The van der Waals surface area contributed by atoms with Gasteiger partial charge in [0, 0.05) is 10.9 Å². The number of nitrogens with one attached hydrogen (secondary N) is 1. The molecule has 0 spiro atoms. The van der Waals surface area contributed by atoms with E-state index in [-0.39, 0.29) is 0 Å². The number of hydrogen-bond acceptors (Lipinski definition) is 7. The van der Waals surface area contributed by atoms with E-state index in [9.17, 15) is 0 Å². The Hall–Kier alpha value is -2.77. The van der Waals surface area contributed by atoms with Crippen molar-refractivity contribution in [1.29, 1.82) is 0 Å². The van der Waals surface area contributed by atoms with Crippen LogP contribution in [0.1, 0.15) is 18.9 Å². The van der Waals surface area contributed by atoms with Crippen LogP contribution in [0.15, 0.2) is 46.9 Å². The Bertz CT molecular complexity index is 991. The standard InChI is InChI=1S/C21H22ClN3O3S/c1-4-9-28-18-7-5-14(10-16(18)22)12-23-25-21-24-17(13-29-21)15-6-8-19(26-2)20(11-15)27-3/h5-8,10-13H,4,9H2,1-3H3,(H,24,25)/b23-12-. The van der Waals surface area contributed by atoms with Crippen molar-refractivity contribution in [2.24, 2.45) is 5.10 Å². The molecule has 6 nitrogen and oxygen atoms in total. The fraction of sp³-hybridized carbons (Fsp3) is 0.238. The molecule has 0 unspecified atom stereocenters. The summed E-state index contributed by atoms with van der Waals surface area (Å²) < 4.78 is 16.2. The van der Waals surface area contributed by atoms with Gasteiger partial charge in [-0.1, -0.05) is 18.5 Å². The molecule has 1 N–H and O–H groups in total. The van der Waals surface area contributed by atoms with Crippen LogP contribution in [0.2, 0.25) is 5.02 Å². The Labute approximate surface area is 179 Å². The number of benzene rings is 2. The molecule has 0 bridgehead atoms. The van der Waals surface area contributed by atoms with Gasteiger partial charge in [0.1, 0.15) is 5.75 Å². The molecule has 0 aliphatic rings. The predicted molar refractivity (Wildman–Crippen MR) is 119 cm³/mol. The summed E-state index contributed by atoms with van der Waals surface area (Å²) in [5.41, 5.74) is 5.58. The molecule has 0 amide bonds. The minimum absolute atomic E-state index is 0.562. The zero-order chi connectivity index (χ0) is 20.6. The first-order valence-corrected chi connectivity index (χ1v) is 10.3. The Morgan fingerprint density at radius 2 is 1.90 bits per heavy atom. The van der Waals surface area contributed by atoms with Gasteiger partial charge in [-0.05, 0) is 48.4 Å². The third-order valence-corrected chi connectivity index (χ3v) is 5.02. The number of aromatic nitrogens is 1. The maximum atomic E-state index is 6.24. The van der Waals surface area contributed by atoms with Crippen LogP contribution in [-0.2, 0) is 0 Å². The second kappa shape index (κ2) is 10.1. The zero-order valence-electron chi connectivity index (χ0n) is 16.4. The van der Waals surface area contributed by atoms with Crippen LogP contribution in [0.4, 0.5) is 5.13 Å². The van der Waals surface area contributed by atoms with Gasteiger partial charge in [0.25, 0.3) is 0 Å². The molecule has 0 atom stereocenters. The summed E-state index contributed by atoms with van der Waals surface area (Å²) in [6, 6.07) is 11.3. The summed E-state index contributed by atoms with van der Waals surface area (Å²) in [7, 11) is 3.22. The molecule has 0 aliphatic heterocycles. The normalized spacial score (nSPS) is 10.9. The van der Waals surface area contributed by atoms with E-state index >= 15 is 0 Å². The maximum Gasteiger partial charge on any atom is 0.203 e. The second-order valence-corrected chi connectivity index (χ2v) is 7.28. The third kappa shape index (κ3) is 5.40. The minimum atomic E-state index is 0.562. The van der Waals surface area contributed by atoms with E-state index in [4.69, 9.17) is 25.8 Å². The van der Waals surface area contributed by atoms with Crippen molar-refractivity contribution in [3.05, 3.63) is 52.4 Å². The van der Waals surface area contributed by atoms with Gasteiger partial charge in [0.05, 0.1) is 37.8 Å². The number of methoxy groups -OCH3 is 2. The van der Waals surface area contributed by atoms with Crippen LogP contribution in [0, 0.1) is 0 Å². The molecule has 152 valence electrons. The van der Waals surface area contributed by atoms with E-state index in [1.165, 1.54) is 11.3 Å². The molecule has 2 aromatic carbocycles. The second-order valence-electron chi connectivity index (χ2n) is 6.02. The Morgan fingerprint density at radius 3 is 2.62 bits per heavy atom. The van der Waals surface area contributed by atoms with Gasteiger partial charge in [0.2, 0.25) is 5.13 Å². The minimum Gasteiger partial charge on any atom is -0.493 e. The van der Waals surface area contributed by atoms with Gasteiger partial charge in [-0.2, -0.15) is 5.10 Å². The molecule has 0 aliphatic carbocycles. The maximum absolute atomic E-state index is 6.24. The highest BCUT2D eigenvalue weighted by Gasteiger charge is 2.09. The summed E-state index contributed by atoms with van der Waals surface area (Å²) in [5, 5.41) is 7.44. The van der Waals surface area contributed by atoms with Gasteiger partial charge in [0.15, 0.2) is 11.5 Å². The average molecular weight is 432 g/mol. The quantitative estimate of drug-likeness (QED) is 0.347. The summed E-state index contributed by atoms with van der Waals surface area (Å²) in [4.78, 5) is 4.56. The smallest absolute Gasteiger partial charge is 0.203 e. The van der Waals surface area contributed by atoms with Gasteiger partial charge in [-0.25, -0.2) is 4.98 Å². The molecular weight excluding hydrogens is 410 g/mol. The fourth-order valence-corrected chi connectivity index (χ4v) is 3.45. The lowest BCUT2D eigenvalue weighted by Crippen LogP contribution is -1.96. The van der Waals surface area contributed by atoms with Gasteiger partial charge >= 0.3 is 0 Å². The van der Waals surface area contributed by atoms with E-state index in [0.717, 1.165) is 23.2 Å². The van der Waals surface area contributed by atoms with E-state index in [1.54, 1.807) is 20.4 Å². The van der Waals surface area contributed by atoms with E-state index in [1.807, 2.05) is 41.8 Å². The van der Waals surface area contributed by atoms with Crippen LogP contribution in [-0.4, -0.2) is 32.0 Å². The van der Waals surface area contributed by atoms with Gasteiger partial charge in [-0.3, -0.25) is 5.43 Å². The first-order valence-electron chi connectivity index (χ1n) is 9.04. The van der Waals surface area contributed by atoms with Crippen molar-refractivity contribution in [3.63, 3.8) is 0 Å². The molecule has 29 heavy (non-hydrogen) atoms. The lowest BCUT2D eigenvalue weighted by molar-refractivity contribution is 0.317. The topological polar surface area (TPSA) is 65.0 Å². The molecule has 1 aromatic heterocycles. The van der Waals surface area contributed by atoms with Crippen LogP contribution in [0.3, 0.4) is 0 Å². The monoisotopic (exact) mass is 431 g/mol. The van der Waals surface area contributed by atoms with Crippen LogP contribution in [0.25, 0.3) is 11.3 Å². The van der Waals surface area contributed by atoms with E-state index in [0.29, 0.717) is 34.0 Å². The lowest BCUT2D eigenvalue weighted by atomic mass is 10.1. The number of anilines is 1. The average Bonchev–Trinajstić information content (AvgIpc) is 3.21. The van der Waals surface area contributed by atoms with Crippen molar-refractivity contribution in [1.82, 2.24) is 4.98 Å². The predicted octanol–water partition coefficient (Wildman–Crippen LogP) is 5.72. The van der Waals surface area contributed by atoms with Crippen LogP contribution < -0.4 is 19.6 Å². The van der Waals surface area contributed by atoms with Crippen molar-refractivity contribution < 1.29 is 14.2 Å². The number of hydrazone groups is 1. The van der Waals surface area contributed by atoms with Crippen molar-refractivity contribution in [2.75, 3.05) is 26.3 Å². The highest BCUT2D eigenvalue weighted by Crippen LogP contribution is 2.33. The van der Waals surface area contributed by atoms with Crippen molar-refractivity contribution in [2.45, 2.75) is 13.3 Å². The SMILES string of the molecule is CCCOc1ccc(/C=N\Nc2nc(-c3ccc(OC)c(OC)c3)cs2)cc1Cl. The first-order chi connectivity index (χ1) is 14.1. The highest BCUT2D eigenvalue weighted by atomic mass is 35.5. The van der Waals surface area contributed by atoms with Crippen LogP contribution in [0.5, 0.6) is 17.2 Å². The molecule has 1 heterocycles. The van der Waals surface area contributed by atoms with Crippen molar-refractivity contribution in [3.8, 4) is 28.5 Å². The van der Waals surface area contributed by atoms with Gasteiger partial charge in [-0.15, -0.1) is 11.3 Å². The number of rotatable bonds is 9. The first kappa shape index (κ1) is 21.0. The third-order valence-electron chi connectivity index (χ3n) is 3.97. The van der Waals surface area contributed by atoms with Crippen molar-refractivity contribution >= 4 is 34.3 Å². The number of ether oxygens (including phenoxy) is 3. The number of halogens is 1. The molecule has 8 heteroatoms. The number of nitrogens with zero attached hydrogens (tertiary/aromatic N) is 2. The molecule has 3 aromatic rings. The molecular formula is C21H22ClN3O3S. The largest absolute Gasteiger partial charge is 0.493 e. The summed E-state index contributed by atoms with van der Waals surface area (Å²) in [6.45, 7) is 2.69. The lowest BCUT2D eigenvalue weighted by Gasteiger charge is -2.08. The Balaban J connectivity index is 1.65. The number of hydrogen-bond donors (Lipinski definition) is 1. The molecule has 0 saturated heterocycles. The molecule has 3 rings (SSSR count). The summed E-state index contributed by atoms with van der Waals surface area (Å²) in [5.74, 6) is 2.02. The highest BCUT2D eigenvalue weighted by molar-refractivity contribution is 7.14.